The normalized spacial score (nSPS) is 13.1. The Hall–Kier alpha value is -0.460. The monoisotopic (exact) mass is 333 g/mol. The number of hydrogen-bond donors (Lipinski definition) is 2. The van der Waals surface area contributed by atoms with Crippen LogP contribution in [0.5, 0.6) is 5.75 Å². The number of phenolic OH excluding ortho intramolecular Hbond substituents is 1. The lowest BCUT2D eigenvalue weighted by atomic mass is 9.97. The fourth-order valence-electron chi connectivity index (χ4n) is 1.41. The van der Waals surface area contributed by atoms with Crippen LogP contribution >= 0.6 is 28.3 Å². The first-order valence-corrected chi connectivity index (χ1v) is 5.42. The van der Waals surface area contributed by atoms with Crippen molar-refractivity contribution in [1.82, 2.24) is 0 Å². The Balaban J connectivity index is 0.00000256. The number of nitrogens with two attached hydrogens (primary N) is 1. The number of benzene rings is 1. The third-order valence-electron chi connectivity index (χ3n) is 2.28. The van der Waals surface area contributed by atoms with Gasteiger partial charge < -0.3 is 10.8 Å². The van der Waals surface area contributed by atoms with E-state index in [2.05, 4.69) is 15.9 Å². The minimum atomic E-state index is -4.51. The van der Waals surface area contributed by atoms with Crippen LogP contribution in [0.15, 0.2) is 16.6 Å². The zero-order valence-corrected chi connectivity index (χ0v) is 11.3. The molecule has 17 heavy (non-hydrogen) atoms. The van der Waals surface area contributed by atoms with Gasteiger partial charge in [-0.1, -0.05) is 6.92 Å². The van der Waals surface area contributed by atoms with E-state index >= 15 is 0 Å². The van der Waals surface area contributed by atoms with Crippen LogP contribution in [0.1, 0.15) is 30.5 Å². The fourth-order valence-corrected chi connectivity index (χ4v) is 1.75. The second kappa shape index (κ2) is 5.93. The van der Waals surface area contributed by atoms with Crippen molar-refractivity contribution in [3.8, 4) is 5.75 Å². The molecule has 98 valence electrons. The first-order valence-electron chi connectivity index (χ1n) is 4.63. The summed E-state index contributed by atoms with van der Waals surface area (Å²) in [7, 11) is 0. The molecule has 1 aromatic rings. The average molecular weight is 335 g/mol. The van der Waals surface area contributed by atoms with Gasteiger partial charge in [-0.2, -0.15) is 13.2 Å². The van der Waals surface area contributed by atoms with Crippen LogP contribution in [0.2, 0.25) is 0 Å². The van der Waals surface area contributed by atoms with Gasteiger partial charge in [-0.15, -0.1) is 12.4 Å². The van der Waals surface area contributed by atoms with E-state index in [1.807, 2.05) is 0 Å². The lowest BCUT2D eigenvalue weighted by Crippen LogP contribution is -2.17. The quantitative estimate of drug-likeness (QED) is 0.858. The Labute approximate surface area is 112 Å². The molecule has 1 aromatic carbocycles. The molecule has 0 amide bonds. The molecule has 1 atom stereocenters. The highest BCUT2D eigenvalue weighted by molar-refractivity contribution is 9.10. The molecule has 2 nitrogen and oxygen atoms in total. The van der Waals surface area contributed by atoms with Gasteiger partial charge in [0.1, 0.15) is 5.75 Å². The summed E-state index contributed by atoms with van der Waals surface area (Å²) in [5, 5.41) is 9.62. The van der Waals surface area contributed by atoms with Crippen molar-refractivity contribution in [2.75, 3.05) is 0 Å². The molecule has 0 aliphatic heterocycles. The summed E-state index contributed by atoms with van der Waals surface area (Å²) in [5.41, 5.74) is 4.43. The fraction of sp³-hybridized carbons (Fsp3) is 0.400. The van der Waals surface area contributed by atoms with Gasteiger partial charge in [0.2, 0.25) is 0 Å². The molecule has 0 fully saturated rings. The van der Waals surface area contributed by atoms with E-state index in [0.717, 1.165) is 12.1 Å². The second-order valence-corrected chi connectivity index (χ2v) is 4.22. The van der Waals surface area contributed by atoms with Crippen molar-refractivity contribution in [3.63, 3.8) is 0 Å². The zero-order chi connectivity index (χ0) is 12.5. The van der Waals surface area contributed by atoms with Gasteiger partial charge in [0, 0.05) is 11.6 Å². The van der Waals surface area contributed by atoms with E-state index in [0.29, 0.717) is 6.42 Å². The topological polar surface area (TPSA) is 46.2 Å². The van der Waals surface area contributed by atoms with E-state index in [9.17, 15) is 18.3 Å². The van der Waals surface area contributed by atoms with Crippen molar-refractivity contribution in [2.24, 2.45) is 5.73 Å². The van der Waals surface area contributed by atoms with Crippen molar-refractivity contribution < 1.29 is 18.3 Å². The van der Waals surface area contributed by atoms with Crippen molar-refractivity contribution in [3.05, 3.63) is 27.7 Å². The summed E-state index contributed by atoms with van der Waals surface area (Å²) in [6.45, 7) is 1.66. The summed E-state index contributed by atoms with van der Waals surface area (Å²) < 4.78 is 38.2. The number of halogens is 5. The molecule has 0 heterocycles. The highest BCUT2D eigenvalue weighted by Crippen LogP contribution is 2.42. The van der Waals surface area contributed by atoms with Crippen LogP contribution in [0.3, 0.4) is 0 Å². The summed E-state index contributed by atoms with van der Waals surface area (Å²) in [6, 6.07) is 1.23. The van der Waals surface area contributed by atoms with Gasteiger partial charge in [0.15, 0.2) is 0 Å². The van der Waals surface area contributed by atoms with Crippen LogP contribution in [-0.4, -0.2) is 5.11 Å². The first kappa shape index (κ1) is 16.5. The Bertz CT molecular complexity index is 398. The molecule has 0 radical (unpaired) electrons. The number of rotatable bonds is 2. The number of alkyl halides is 3. The van der Waals surface area contributed by atoms with Crippen LogP contribution in [0, 0.1) is 0 Å². The highest BCUT2D eigenvalue weighted by Gasteiger charge is 2.36. The molecule has 0 saturated heterocycles. The molecule has 0 bridgehead atoms. The summed E-state index contributed by atoms with van der Waals surface area (Å²) in [5.74, 6) is -0.441. The predicted octanol–water partition coefficient (Wildman–Crippen LogP) is 4.01. The Morgan fingerprint density at radius 1 is 1.41 bits per heavy atom. The SMILES string of the molecule is CC[C@H](N)c1c(C(F)(F)F)ccc(Br)c1O.Cl. The van der Waals surface area contributed by atoms with Crippen LogP contribution in [0.25, 0.3) is 0 Å². The summed E-state index contributed by atoms with van der Waals surface area (Å²) in [6.07, 6.45) is -4.20. The standard InChI is InChI=1S/C10H11BrF3NO.ClH/c1-2-7(15)8-5(10(12,13)14)3-4-6(11)9(8)16;/h3-4,7,16H,2,15H2,1H3;1H/t7-;/m0./s1. The van der Waals surface area contributed by atoms with E-state index < -0.39 is 23.5 Å². The summed E-state index contributed by atoms with van der Waals surface area (Å²) in [4.78, 5) is 0. The molecule has 7 heteroatoms. The molecule has 0 spiro atoms. The molecule has 1 rings (SSSR count). The van der Waals surface area contributed by atoms with Gasteiger partial charge in [-0.3, -0.25) is 0 Å². The lowest BCUT2D eigenvalue weighted by molar-refractivity contribution is -0.138. The molecule has 0 saturated carbocycles. The first-order chi connectivity index (χ1) is 7.29. The third-order valence-corrected chi connectivity index (χ3v) is 2.92. The average Bonchev–Trinajstić information content (AvgIpc) is 2.19. The van der Waals surface area contributed by atoms with Crippen molar-refractivity contribution >= 4 is 28.3 Å². The molecular formula is C10H12BrClF3NO. The molecule has 0 aliphatic rings. The smallest absolute Gasteiger partial charge is 0.416 e. The Kier molecular flexibility index (Phi) is 5.77. The van der Waals surface area contributed by atoms with E-state index in [4.69, 9.17) is 5.73 Å². The van der Waals surface area contributed by atoms with Crippen LogP contribution < -0.4 is 5.73 Å². The molecule has 0 unspecified atom stereocenters. The minimum Gasteiger partial charge on any atom is -0.506 e. The predicted molar refractivity (Wildman–Crippen MR) is 65.3 cm³/mol. The molecular weight excluding hydrogens is 322 g/mol. The number of hydrogen-bond acceptors (Lipinski definition) is 2. The van der Waals surface area contributed by atoms with Crippen molar-refractivity contribution in [2.45, 2.75) is 25.6 Å². The Morgan fingerprint density at radius 2 is 1.94 bits per heavy atom. The maximum absolute atomic E-state index is 12.7. The van der Waals surface area contributed by atoms with Gasteiger partial charge in [-0.05, 0) is 34.5 Å². The zero-order valence-electron chi connectivity index (χ0n) is 8.88. The number of aromatic hydroxyl groups is 1. The van der Waals surface area contributed by atoms with E-state index in [1.54, 1.807) is 6.92 Å². The molecule has 0 aliphatic carbocycles. The number of phenols is 1. The maximum atomic E-state index is 12.7. The largest absolute Gasteiger partial charge is 0.506 e. The third kappa shape index (κ3) is 3.50. The van der Waals surface area contributed by atoms with Gasteiger partial charge in [0.05, 0.1) is 10.0 Å². The van der Waals surface area contributed by atoms with E-state index in [1.165, 1.54) is 0 Å². The van der Waals surface area contributed by atoms with E-state index in [-0.39, 0.29) is 22.4 Å². The van der Waals surface area contributed by atoms with Crippen LogP contribution in [-0.2, 0) is 6.18 Å². The van der Waals surface area contributed by atoms with Gasteiger partial charge in [-0.25, -0.2) is 0 Å². The van der Waals surface area contributed by atoms with Gasteiger partial charge >= 0.3 is 6.18 Å². The molecule has 3 N–H and O–H groups in total. The molecule has 0 aromatic heterocycles. The summed E-state index contributed by atoms with van der Waals surface area (Å²) >= 11 is 2.97. The maximum Gasteiger partial charge on any atom is 0.416 e. The second-order valence-electron chi connectivity index (χ2n) is 3.37. The minimum absolute atomic E-state index is 0. The Morgan fingerprint density at radius 3 is 2.35 bits per heavy atom. The highest BCUT2D eigenvalue weighted by atomic mass is 79.9. The van der Waals surface area contributed by atoms with Gasteiger partial charge in [0.25, 0.3) is 0 Å². The van der Waals surface area contributed by atoms with Crippen LogP contribution in [0.4, 0.5) is 13.2 Å². The lowest BCUT2D eigenvalue weighted by Gasteiger charge is -2.19. The van der Waals surface area contributed by atoms with Crippen molar-refractivity contribution in [1.29, 1.82) is 0 Å².